The maximum absolute atomic E-state index is 13.4. The lowest BCUT2D eigenvalue weighted by atomic mass is 10.1. The summed E-state index contributed by atoms with van der Waals surface area (Å²) in [5.41, 5.74) is 4.07. The highest BCUT2D eigenvalue weighted by Crippen LogP contribution is 2.34. The Morgan fingerprint density at radius 3 is 2.34 bits per heavy atom. The van der Waals surface area contributed by atoms with Crippen LogP contribution in [0, 0.1) is 13.8 Å². The molecule has 3 aromatic rings. The molecule has 0 aliphatic carbocycles. The highest BCUT2D eigenvalue weighted by atomic mass is 32.2. The van der Waals surface area contributed by atoms with E-state index in [1.807, 2.05) is 29.2 Å². The third-order valence-electron chi connectivity index (χ3n) is 4.81. The molecule has 0 saturated carbocycles. The fourth-order valence-corrected chi connectivity index (χ4v) is 5.01. The second-order valence-electron chi connectivity index (χ2n) is 7.44. The molecule has 0 unspecified atom stereocenters. The number of thioether (sulfide) groups is 1. The van der Waals surface area contributed by atoms with Gasteiger partial charge >= 0.3 is 0 Å². The van der Waals surface area contributed by atoms with Crippen molar-refractivity contribution in [2.75, 3.05) is 37.8 Å². The lowest BCUT2D eigenvalue weighted by Gasteiger charge is -2.21. The Balaban J connectivity index is 1.94. The molecule has 6 heteroatoms. The smallest absolute Gasteiger partial charge is 0.260 e. The van der Waals surface area contributed by atoms with Crippen LogP contribution in [0.15, 0.2) is 41.3 Å². The van der Waals surface area contributed by atoms with Gasteiger partial charge in [-0.25, -0.2) is 4.98 Å². The number of aromatic nitrogens is 1. The lowest BCUT2D eigenvalue weighted by Crippen LogP contribution is -2.33. The molecule has 0 aliphatic heterocycles. The molecule has 1 heterocycles. The van der Waals surface area contributed by atoms with Crippen LogP contribution < -0.4 is 4.90 Å². The first kappa shape index (κ1) is 21.8. The van der Waals surface area contributed by atoms with Gasteiger partial charge in [0.15, 0.2) is 5.13 Å². The number of carbonyl (C=O) groups excluding carboxylic acids is 1. The fraction of sp³-hybridized carbons (Fsp3) is 0.391. The van der Waals surface area contributed by atoms with Gasteiger partial charge in [0, 0.05) is 17.0 Å². The van der Waals surface area contributed by atoms with Crippen molar-refractivity contribution in [3.8, 4) is 0 Å². The Hall–Kier alpha value is -1.89. The normalized spacial score (nSPS) is 11.4. The number of hydrogen-bond acceptors (Lipinski definition) is 5. The summed E-state index contributed by atoms with van der Waals surface area (Å²) in [5.74, 6) is 1.04. The van der Waals surface area contributed by atoms with Gasteiger partial charge in [-0.2, -0.15) is 0 Å². The Kier molecular flexibility index (Phi) is 7.33. The van der Waals surface area contributed by atoms with E-state index in [0.717, 1.165) is 34.9 Å². The molecule has 0 radical (unpaired) electrons. The van der Waals surface area contributed by atoms with E-state index in [-0.39, 0.29) is 5.91 Å². The number of fused-ring (bicyclic) bond motifs is 1. The number of rotatable bonds is 8. The van der Waals surface area contributed by atoms with Crippen LogP contribution in [-0.4, -0.2) is 48.7 Å². The molecule has 0 fully saturated rings. The Morgan fingerprint density at radius 2 is 1.72 bits per heavy atom. The summed E-state index contributed by atoms with van der Waals surface area (Å²) in [6, 6.07) is 12.2. The third kappa shape index (κ3) is 5.18. The Labute approximate surface area is 181 Å². The van der Waals surface area contributed by atoms with E-state index in [2.05, 4.69) is 51.9 Å². The van der Waals surface area contributed by atoms with Gasteiger partial charge in [0.05, 0.1) is 10.2 Å². The summed E-state index contributed by atoms with van der Waals surface area (Å²) in [6.07, 6.45) is 0.899. The molecule has 0 N–H and O–H groups in total. The number of benzene rings is 2. The van der Waals surface area contributed by atoms with E-state index in [9.17, 15) is 4.79 Å². The van der Waals surface area contributed by atoms with Gasteiger partial charge in [-0.05, 0) is 82.1 Å². The van der Waals surface area contributed by atoms with Gasteiger partial charge in [0.2, 0.25) is 0 Å². The van der Waals surface area contributed by atoms with Crippen molar-refractivity contribution in [3.63, 3.8) is 0 Å². The van der Waals surface area contributed by atoms with Gasteiger partial charge < -0.3 is 4.90 Å². The molecule has 3 rings (SSSR count). The van der Waals surface area contributed by atoms with Crippen molar-refractivity contribution >= 4 is 44.4 Å². The van der Waals surface area contributed by atoms with Crippen molar-refractivity contribution in [2.45, 2.75) is 32.1 Å². The van der Waals surface area contributed by atoms with E-state index >= 15 is 0 Å². The predicted molar refractivity (Wildman–Crippen MR) is 127 cm³/mol. The van der Waals surface area contributed by atoms with Crippen LogP contribution in [0.4, 0.5) is 5.13 Å². The standard InChI is InChI=1S/C23H29N3OS2/c1-6-28-19-12-10-18(11-13-19)22(27)26(15-7-14-25(4)5)23-24-20-16(2)8-9-17(3)21(20)29-23/h8-13H,6-7,14-15H2,1-5H3. The first-order chi connectivity index (χ1) is 13.9. The fourth-order valence-electron chi connectivity index (χ4n) is 3.21. The summed E-state index contributed by atoms with van der Waals surface area (Å²) in [5, 5.41) is 0.785. The average Bonchev–Trinajstić information content (AvgIpc) is 3.15. The van der Waals surface area contributed by atoms with E-state index < -0.39 is 0 Å². The minimum atomic E-state index is 0.0196. The number of amides is 1. The van der Waals surface area contributed by atoms with Crippen LogP contribution in [-0.2, 0) is 0 Å². The zero-order valence-electron chi connectivity index (χ0n) is 17.9. The highest BCUT2D eigenvalue weighted by molar-refractivity contribution is 7.99. The highest BCUT2D eigenvalue weighted by Gasteiger charge is 2.22. The quantitative estimate of drug-likeness (QED) is 0.437. The minimum absolute atomic E-state index is 0.0196. The van der Waals surface area contributed by atoms with Crippen LogP contribution in [0.1, 0.15) is 34.8 Å². The zero-order valence-corrected chi connectivity index (χ0v) is 19.5. The maximum Gasteiger partial charge on any atom is 0.260 e. The van der Waals surface area contributed by atoms with Gasteiger partial charge in [-0.1, -0.05) is 30.4 Å². The molecule has 4 nitrogen and oxygen atoms in total. The van der Waals surface area contributed by atoms with E-state index in [0.29, 0.717) is 12.1 Å². The monoisotopic (exact) mass is 427 g/mol. The van der Waals surface area contributed by atoms with Crippen LogP contribution in [0.5, 0.6) is 0 Å². The third-order valence-corrected chi connectivity index (χ3v) is 6.91. The molecule has 0 atom stereocenters. The number of nitrogens with zero attached hydrogens (tertiary/aromatic N) is 3. The first-order valence-electron chi connectivity index (χ1n) is 9.97. The van der Waals surface area contributed by atoms with Gasteiger partial charge in [0.25, 0.3) is 5.91 Å². The molecule has 1 amide bonds. The predicted octanol–water partition coefficient (Wildman–Crippen LogP) is 5.62. The molecule has 0 aliphatic rings. The summed E-state index contributed by atoms with van der Waals surface area (Å²) in [4.78, 5) is 23.5. The van der Waals surface area contributed by atoms with Crippen LogP contribution >= 0.6 is 23.1 Å². The van der Waals surface area contributed by atoms with Gasteiger partial charge in [-0.3, -0.25) is 9.69 Å². The molecular weight excluding hydrogens is 398 g/mol. The molecule has 0 saturated heterocycles. The molecule has 154 valence electrons. The first-order valence-corrected chi connectivity index (χ1v) is 11.8. The molecular formula is C23H29N3OS2. The Morgan fingerprint density at radius 1 is 1.03 bits per heavy atom. The van der Waals surface area contributed by atoms with Crippen LogP contribution in [0.3, 0.4) is 0 Å². The van der Waals surface area contributed by atoms with E-state index in [1.165, 1.54) is 15.2 Å². The summed E-state index contributed by atoms with van der Waals surface area (Å²) >= 11 is 3.40. The van der Waals surface area contributed by atoms with Crippen molar-refractivity contribution in [3.05, 3.63) is 53.1 Å². The van der Waals surface area contributed by atoms with Crippen molar-refractivity contribution in [1.29, 1.82) is 0 Å². The number of carbonyl (C=O) groups is 1. The molecule has 0 spiro atoms. The SMILES string of the molecule is CCSc1ccc(C(=O)N(CCCN(C)C)c2nc3c(C)ccc(C)c3s2)cc1. The number of aryl methyl sites for hydroxylation is 2. The van der Waals surface area contributed by atoms with E-state index in [1.54, 1.807) is 23.1 Å². The largest absolute Gasteiger partial charge is 0.309 e. The minimum Gasteiger partial charge on any atom is -0.309 e. The Bertz CT molecular complexity index is 941. The average molecular weight is 428 g/mol. The second kappa shape index (κ2) is 9.74. The van der Waals surface area contributed by atoms with Crippen molar-refractivity contribution in [2.24, 2.45) is 0 Å². The van der Waals surface area contributed by atoms with Crippen LogP contribution in [0.2, 0.25) is 0 Å². The lowest BCUT2D eigenvalue weighted by molar-refractivity contribution is 0.0986. The topological polar surface area (TPSA) is 36.4 Å². The number of anilines is 1. The second-order valence-corrected chi connectivity index (χ2v) is 9.76. The summed E-state index contributed by atoms with van der Waals surface area (Å²) in [6.45, 7) is 7.90. The summed E-state index contributed by atoms with van der Waals surface area (Å²) in [7, 11) is 4.11. The zero-order chi connectivity index (χ0) is 21.0. The van der Waals surface area contributed by atoms with Gasteiger partial charge in [-0.15, -0.1) is 11.8 Å². The molecule has 29 heavy (non-hydrogen) atoms. The number of thiazole rings is 1. The van der Waals surface area contributed by atoms with Crippen molar-refractivity contribution < 1.29 is 4.79 Å². The number of hydrogen-bond donors (Lipinski definition) is 0. The van der Waals surface area contributed by atoms with E-state index in [4.69, 9.17) is 4.98 Å². The molecule has 1 aromatic heterocycles. The van der Waals surface area contributed by atoms with Gasteiger partial charge in [0.1, 0.15) is 0 Å². The molecule has 0 bridgehead atoms. The molecule has 2 aromatic carbocycles. The van der Waals surface area contributed by atoms with Crippen LogP contribution in [0.25, 0.3) is 10.2 Å². The maximum atomic E-state index is 13.4. The van der Waals surface area contributed by atoms with Crippen molar-refractivity contribution in [1.82, 2.24) is 9.88 Å². The summed E-state index contributed by atoms with van der Waals surface area (Å²) < 4.78 is 1.17.